The number of nitrogens with zero attached hydrogens (tertiary/aromatic N) is 1. The molecule has 0 bridgehead atoms. The molecule has 0 spiro atoms. The highest BCUT2D eigenvalue weighted by Gasteiger charge is 2.64. The molecule has 8 nitrogen and oxygen atoms in total. The van der Waals surface area contributed by atoms with Gasteiger partial charge in [0.15, 0.2) is 5.82 Å². The molecule has 0 radical (unpaired) electrons. The van der Waals surface area contributed by atoms with Crippen molar-refractivity contribution >= 4 is 17.9 Å². The maximum Gasteiger partial charge on any atom is 0.442 e. The molecule has 1 aromatic heterocycles. The van der Waals surface area contributed by atoms with Crippen LogP contribution in [0.1, 0.15) is 19.6 Å². The average Bonchev–Trinajstić information content (AvgIpc) is 2.82. The second-order valence-corrected chi connectivity index (χ2v) is 4.26. The third-order valence-electron chi connectivity index (χ3n) is 2.52. The van der Waals surface area contributed by atoms with Gasteiger partial charge in [-0.15, -0.1) is 0 Å². The Kier molecular flexibility index (Phi) is 5.82. The molecule has 11 heteroatoms. The predicted octanol–water partition coefficient (Wildman–Crippen LogP) is 1.96. The maximum absolute atomic E-state index is 13.6. The number of amides is 1. The summed E-state index contributed by atoms with van der Waals surface area (Å²) in [6.45, 7) is 3.64. The normalized spacial score (nSPS) is 13.8. The Labute approximate surface area is 129 Å². The average molecular weight is 339 g/mol. The molecule has 23 heavy (non-hydrogen) atoms. The van der Waals surface area contributed by atoms with Crippen LogP contribution in [0.3, 0.4) is 0 Å². The smallest absolute Gasteiger partial charge is 0.442 e. The van der Waals surface area contributed by atoms with E-state index in [4.69, 9.17) is 0 Å². The highest BCUT2D eigenvalue weighted by atomic mass is 19.4. The van der Waals surface area contributed by atoms with Crippen LogP contribution in [0.15, 0.2) is 10.6 Å². The molecule has 0 saturated carbocycles. The molecule has 1 rings (SSSR count). The van der Waals surface area contributed by atoms with Crippen LogP contribution in [-0.2, 0) is 14.3 Å². The molecular weight excluding hydrogens is 323 g/mol. The van der Waals surface area contributed by atoms with Crippen LogP contribution in [0.25, 0.3) is 0 Å². The Morgan fingerprint density at radius 3 is 2.30 bits per heavy atom. The molecule has 1 heterocycles. The third-order valence-corrected chi connectivity index (χ3v) is 2.52. The van der Waals surface area contributed by atoms with Crippen molar-refractivity contribution in [2.45, 2.75) is 32.6 Å². The van der Waals surface area contributed by atoms with Crippen LogP contribution < -0.4 is 10.6 Å². The standard InChI is InChI=1S/C12H16F3N3O5/c1-4-21-9(19)11(12(13,14)15,17-10(20)22-5-2)16-8-6-7(3)23-18-8/h6H,4-5H2,1-3H3,(H,16,18)(H,17,20). The number of hydrogen-bond acceptors (Lipinski definition) is 7. The lowest BCUT2D eigenvalue weighted by molar-refractivity contribution is -0.205. The van der Waals surface area contributed by atoms with E-state index in [1.54, 1.807) is 0 Å². The number of hydrogen-bond donors (Lipinski definition) is 2. The number of aryl methyl sites for hydroxylation is 1. The minimum absolute atomic E-state index is 0.189. The summed E-state index contributed by atoms with van der Waals surface area (Å²) < 4.78 is 54.2. The van der Waals surface area contributed by atoms with E-state index in [0.29, 0.717) is 0 Å². The molecule has 0 saturated heterocycles. The van der Waals surface area contributed by atoms with Crippen molar-refractivity contribution in [3.05, 3.63) is 11.8 Å². The van der Waals surface area contributed by atoms with Crippen molar-refractivity contribution in [2.75, 3.05) is 18.5 Å². The molecule has 0 aliphatic carbocycles. The van der Waals surface area contributed by atoms with Gasteiger partial charge in [0.25, 0.3) is 0 Å². The zero-order valence-corrected chi connectivity index (χ0v) is 12.6. The molecule has 1 aromatic rings. The monoisotopic (exact) mass is 339 g/mol. The van der Waals surface area contributed by atoms with E-state index in [0.717, 1.165) is 6.07 Å². The molecule has 1 amide bonds. The van der Waals surface area contributed by atoms with E-state index in [1.165, 1.54) is 26.1 Å². The Hall–Kier alpha value is -2.46. The maximum atomic E-state index is 13.6. The minimum Gasteiger partial charge on any atom is -0.463 e. The van der Waals surface area contributed by atoms with Gasteiger partial charge in [0, 0.05) is 6.07 Å². The summed E-state index contributed by atoms with van der Waals surface area (Å²) >= 11 is 0. The molecule has 1 atom stereocenters. The fraction of sp³-hybridized carbons (Fsp3) is 0.583. The van der Waals surface area contributed by atoms with Crippen molar-refractivity contribution < 1.29 is 36.8 Å². The molecule has 0 fully saturated rings. The van der Waals surface area contributed by atoms with Gasteiger partial charge in [-0.2, -0.15) is 13.2 Å². The summed E-state index contributed by atoms with van der Waals surface area (Å²) in [7, 11) is 0. The molecular formula is C12H16F3N3O5. The van der Waals surface area contributed by atoms with Gasteiger partial charge in [0.1, 0.15) is 5.76 Å². The van der Waals surface area contributed by atoms with Crippen molar-refractivity contribution in [3.63, 3.8) is 0 Å². The number of carbonyl (C=O) groups is 2. The Balaban J connectivity index is 3.27. The number of aromatic nitrogens is 1. The van der Waals surface area contributed by atoms with Crippen LogP contribution in [0.4, 0.5) is 23.8 Å². The zero-order valence-electron chi connectivity index (χ0n) is 12.6. The Bertz CT molecular complexity index is 560. The highest BCUT2D eigenvalue weighted by Crippen LogP contribution is 2.33. The van der Waals surface area contributed by atoms with Crippen LogP contribution in [-0.4, -0.2) is 42.3 Å². The fourth-order valence-electron chi connectivity index (χ4n) is 1.57. The number of halogens is 3. The van der Waals surface area contributed by atoms with Gasteiger partial charge in [-0.05, 0) is 20.8 Å². The van der Waals surface area contributed by atoms with Crippen LogP contribution >= 0.6 is 0 Å². The van der Waals surface area contributed by atoms with Crippen molar-refractivity contribution in [1.29, 1.82) is 0 Å². The van der Waals surface area contributed by atoms with Gasteiger partial charge in [0.2, 0.25) is 0 Å². The lowest BCUT2D eigenvalue weighted by Gasteiger charge is -2.33. The van der Waals surface area contributed by atoms with E-state index >= 15 is 0 Å². The molecule has 1 unspecified atom stereocenters. The largest absolute Gasteiger partial charge is 0.463 e. The van der Waals surface area contributed by atoms with E-state index < -0.39 is 29.7 Å². The molecule has 0 aromatic carbocycles. The van der Waals surface area contributed by atoms with Gasteiger partial charge < -0.3 is 19.3 Å². The number of esters is 1. The third kappa shape index (κ3) is 4.27. The summed E-state index contributed by atoms with van der Waals surface area (Å²) in [4.78, 5) is 23.4. The van der Waals surface area contributed by atoms with Gasteiger partial charge in [0.05, 0.1) is 13.2 Å². The molecule has 2 N–H and O–H groups in total. The SMILES string of the molecule is CCOC(=O)NC(Nc1cc(C)on1)(C(=O)OCC)C(F)(F)F. The highest BCUT2D eigenvalue weighted by molar-refractivity contribution is 5.89. The Morgan fingerprint density at radius 2 is 1.87 bits per heavy atom. The van der Waals surface area contributed by atoms with Gasteiger partial charge >= 0.3 is 23.9 Å². The lowest BCUT2D eigenvalue weighted by Crippen LogP contribution is -2.69. The lowest BCUT2D eigenvalue weighted by atomic mass is 10.1. The number of ether oxygens (including phenoxy) is 2. The first-order chi connectivity index (χ1) is 10.7. The fourth-order valence-corrected chi connectivity index (χ4v) is 1.57. The van der Waals surface area contributed by atoms with E-state index in [1.807, 2.05) is 5.32 Å². The number of anilines is 1. The van der Waals surface area contributed by atoms with Gasteiger partial charge in [-0.25, -0.2) is 9.59 Å². The summed E-state index contributed by atoms with van der Waals surface area (Å²) in [5.41, 5.74) is -3.57. The quantitative estimate of drug-likeness (QED) is 0.603. The predicted molar refractivity (Wildman–Crippen MR) is 70.4 cm³/mol. The van der Waals surface area contributed by atoms with Crippen molar-refractivity contribution in [2.24, 2.45) is 0 Å². The molecule has 130 valence electrons. The summed E-state index contributed by atoms with van der Waals surface area (Å²) in [6.07, 6.45) is -6.70. The number of carbonyl (C=O) groups excluding carboxylic acids is 2. The van der Waals surface area contributed by atoms with Gasteiger partial charge in [-0.3, -0.25) is 5.32 Å². The Morgan fingerprint density at radius 1 is 1.26 bits per heavy atom. The zero-order chi connectivity index (χ0) is 17.7. The van der Waals surface area contributed by atoms with Crippen molar-refractivity contribution in [1.82, 2.24) is 10.5 Å². The summed E-state index contributed by atoms with van der Waals surface area (Å²) in [5.74, 6) is -1.98. The molecule has 0 aliphatic rings. The first kappa shape index (κ1) is 18.6. The first-order valence-corrected chi connectivity index (χ1v) is 6.56. The summed E-state index contributed by atoms with van der Waals surface area (Å²) in [5, 5.41) is 6.60. The molecule has 0 aliphatic heterocycles. The minimum atomic E-state index is -5.25. The number of alkyl carbamates (subject to hydrolysis) is 1. The first-order valence-electron chi connectivity index (χ1n) is 6.56. The van der Waals surface area contributed by atoms with Crippen LogP contribution in [0, 0.1) is 6.92 Å². The topological polar surface area (TPSA) is 103 Å². The van der Waals surface area contributed by atoms with E-state index in [9.17, 15) is 22.8 Å². The number of alkyl halides is 3. The van der Waals surface area contributed by atoms with Crippen molar-refractivity contribution in [3.8, 4) is 0 Å². The summed E-state index contributed by atoms with van der Waals surface area (Å²) in [6, 6.07) is 1.12. The number of nitrogens with one attached hydrogen (secondary N) is 2. The van der Waals surface area contributed by atoms with Crippen LogP contribution in [0.5, 0.6) is 0 Å². The second kappa shape index (κ2) is 7.20. The van der Waals surface area contributed by atoms with Crippen LogP contribution in [0.2, 0.25) is 0 Å². The van der Waals surface area contributed by atoms with E-state index in [2.05, 4.69) is 19.2 Å². The van der Waals surface area contributed by atoms with E-state index in [-0.39, 0.29) is 19.0 Å². The second-order valence-electron chi connectivity index (χ2n) is 4.26. The number of rotatable bonds is 6. The van der Waals surface area contributed by atoms with Gasteiger partial charge in [-0.1, -0.05) is 5.16 Å².